The van der Waals surface area contributed by atoms with Crippen molar-refractivity contribution in [2.75, 3.05) is 0 Å². The molecule has 114 valence electrons. The molecule has 2 rings (SSSR count). The van der Waals surface area contributed by atoms with Crippen molar-refractivity contribution in [3.05, 3.63) is 35.0 Å². The third-order valence-electron chi connectivity index (χ3n) is 3.42. The SMILES string of the molecule is O=Cc1c[nH]c2cc(CCC(F)I)c(CCC(F)I)cc12. The fourth-order valence-electron chi connectivity index (χ4n) is 2.37. The molecule has 1 aromatic heterocycles. The number of nitrogens with one attached hydrogen (secondary N) is 1. The number of aromatic amines is 1. The Morgan fingerprint density at radius 1 is 1.10 bits per heavy atom. The maximum atomic E-state index is 13.1. The zero-order valence-electron chi connectivity index (χ0n) is 11.2. The Hall–Kier alpha value is -0.250. The van der Waals surface area contributed by atoms with Gasteiger partial charge in [-0.05, 0) is 94.1 Å². The molecule has 0 aliphatic rings. The van der Waals surface area contributed by atoms with E-state index in [4.69, 9.17) is 0 Å². The number of benzene rings is 1. The van der Waals surface area contributed by atoms with Crippen LogP contribution in [0.4, 0.5) is 8.78 Å². The summed E-state index contributed by atoms with van der Waals surface area (Å²) in [6.45, 7) is 0. The summed E-state index contributed by atoms with van der Waals surface area (Å²) < 4.78 is 24.4. The molecule has 0 amide bonds. The largest absolute Gasteiger partial charge is 0.360 e. The normalized spacial score (nSPS) is 14.3. The topological polar surface area (TPSA) is 32.9 Å². The Balaban J connectivity index is 2.37. The first-order valence-electron chi connectivity index (χ1n) is 6.65. The van der Waals surface area contributed by atoms with E-state index in [2.05, 4.69) is 4.98 Å². The van der Waals surface area contributed by atoms with Gasteiger partial charge in [-0.25, -0.2) is 8.78 Å². The molecule has 1 heterocycles. The molecule has 1 aromatic carbocycles. The molecule has 2 unspecified atom stereocenters. The Morgan fingerprint density at radius 2 is 1.67 bits per heavy atom. The van der Waals surface area contributed by atoms with Crippen LogP contribution in [0.5, 0.6) is 0 Å². The summed E-state index contributed by atoms with van der Waals surface area (Å²) >= 11 is 3.51. The number of hydrogen-bond donors (Lipinski definition) is 1. The second-order valence-electron chi connectivity index (χ2n) is 4.89. The number of rotatable bonds is 7. The second-order valence-corrected chi connectivity index (χ2v) is 7.59. The lowest BCUT2D eigenvalue weighted by molar-refractivity contribution is 0.112. The average Bonchev–Trinajstić information content (AvgIpc) is 2.83. The van der Waals surface area contributed by atoms with E-state index in [-0.39, 0.29) is 0 Å². The summed E-state index contributed by atoms with van der Waals surface area (Å²) in [5.41, 5.74) is 3.49. The molecule has 21 heavy (non-hydrogen) atoms. The van der Waals surface area contributed by atoms with Gasteiger partial charge >= 0.3 is 0 Å². The Bertz CT molecular complexity index is 625. The van der Waals surface area contributed by atoms with Gasteiger partial charge in [0.15, 0.2) is 14.6 Å². The number of aryl methyl sites for hydroxylation is 2. The van der Waals surface area contributed by atoms with Crippen LogP contribution in [0.15, 0.2) is 18.3 Å². The van der Waals surface area contributed by atoms with E-state index in [9.17, 15) is 13.6 Å². The highest BCUT2D eigenvalue weighted by Gasteiger charge is 2.12. The first kappa shape index (κ1) is 17.1. The molecule has 0 spiro atoms. The summed E-state index contributed by atoms with van der Waals surface area (Å²) in [4.78, 5) is 14.1. The minimum absolute atomic E-state index is 0.420. The van der Waals surface area contributed by atoms with E-state index in [1.807, 2.05) is 12.1 Å². The lowest BCUT2D eigenvalue weighted by Gasteiger charge is -2.11. The number of carbonyl (C=O) groups excluding carboxylic acids is 1. The van der Waals surface area contributed by atoms with Crippen molar-refractivity contribution in [2.24, 2.45) is 0 Å². The summed E-state index contributed by atoms with van der Waals surface area (Å²) in [6.07, 6.45) is 4.53. The summed E-state index contributed by atoms with van der Waals surface area (Å²) in [6, 6.07) is 3.89. The molecular weight excluding hydrogens is 502 g/mol. The van der Waals surface area contributed by atoms with Crippen LogP contribution in [0.2, 0.25) is 0 Å². The van der Waals surface area contributed by atoms with Crippen LogP contribution in [-0.2, 0) is 12.8 Å². The number of carbonyl (C=O) groups is 1. The number of halogens is 4. The minimum Gasteiger partial charge on any atom is -0.360 e. The van der Waals surface area contributed by atoms with Crippen molar-refractivity contribution in [3.63, 3.8) is 0 Å². The zero-order chi connectivity index (χ0) is 15.4. The van der Waals surface area contributed by atoms with Crippen molar-refractivity contribution < 1.29 is 13.6 Å². The molecule has 0 fully saturated rings. The van der Waals surface area contributed by atoms with Crippen LogP contribution in [0.1, 0.15) is 34.3 Å². The third-order valence-corrected chi connectivity index (χ3v) is 4.67. The number of fused-ring (bicyclic) bond motifs is 1. The van der Waals surface area contributed by atoms with Gasteiger partial charge in [0.05, 0.1) is 0 Å². The van der Waals surface area contributed by atoms with Crippen molar-refractivity contribution >= 4 is 62.4 Å². The number of aromatic nitrogens is 1. The van der Waals surface area contributed by atoms with Gasteiger partial charge in [0.2, 0.25) is 0 Å². The molecule has 0 bridgehead atoms. The van der Waals surface area contributed by atoms with E-state index in [1.165, 1.54) is 0 Å². The Kier molecular flexibility index (Phi) is 6.39. The van der Waals surface area contributed by atoms with Crippen molar-refractivity contribution in [2.45, 2.75) is 34.0 Å². The van der Waals surface area contributed by atoms with Gasteiger partial charge in [0.1, 0.15) is 0 Å². The molecular formula is C15H15F2I2NO. The smallest absolute Gasteiger partial charge is 0.152 e. The standard InChI is InChI=1S/C15H15F2I2NO/c16-14(18)3-1-9-5-12-11(8-21)7-20-13(12)6-10(9)2-4-15(17)19/h5-8,14-15,20H,1-4H2. The number of H-pyrrole nitrogens is 1. The van der Waals surface area contributed by atoms with Gasteiger partial charge < -0.3 is 4.98 Å². The molecule has 0 saturated heterocycles. The predicted octanol–water partition coefficient (Wildman–Crippen LogP) is 5.31. The Labute approximate surface area is 149 Å². The van der Waals surface area contributed by atoms with Crippen LogP contribution < -0.4 is 0 Å². The van der Waals surface area contributed by atoms with Gasteiger partial charge in [0.25, 0.3) is 0 Å². The van der Waals surface area contributed by atoms with Gasteiger partial charge in [-0.1, -0.05) is 0 Å². The lowest BCUT2D eigenvalue weighted by atomic mass is 9.96. The second kappa shape index (κ2) is 7.85. The highest BCUT2D eigenvalue weighted by molar-refractivity contribution is 14.1. The molecule has 0 saturated carbocycles. The molecule has 0 aliphatic carbocycles. The maximum Gasteiger partial charge on any atom is 0.152 e. The first-order valence-corrected chi connectivity index (χ1v) is 9.14. The van der Waals surface area contributed by atoms with Crippen molar-refractivity contribution in [3.8, 4) is 0 Å². The highest BCUT2D eigenvalue weighted by Crippen LogP contribution is 2.26. The summed E-state index contributed by atoms with van der Waals surface area (Å²) in [5, 5.41) is 0.846. The minimum atomic E-state index is -0.901. The molecule has 2 aromatic rings. The Morgan fingerprint density at radius 3 is 2.19 bits per heavy atom. The van der Waals surface area contributed by atoms with Crippen LogP contribution in [0.25, 0.3) is 10.9 Å². The number of aldehydes is 1. The molecule has 1 N–H and O–H groups in total. The quantitative estimate of drug-likeness (QED) is 0.302. The van der Waals surface area contributed by atoms with Gasteiger partial charge in [-0.15, -0.1) is 0 Å². The fraction of sp³-hybridized carbons (Fsp3) is 0.400. The fourth-order valence-corrected chi connectivity index (χ4v) is 3.00. The van der Waals surface area contributed by atoms with E-state index in [0.29, 0.717) is 31.2 Å². The van der Waals surface area contributed by atoms with E-state index < -0.39 is 8.36 Å². The molecule has 6 heteroatoms. The molecule has 2 atom stereocenters. The first-order chi connectivity index (χ1) is 10.0. The summed E-state index contributed by atoms with van der Waals surface area (Å²) in [7, 11) is 0. The van der Waals surface area contributed by atoms with Gasteiger partial charge in [-0.3, -0.25) is 4.79 Å². The van der Waals surface area contributed by atoms with Crippen LogP contribution in [0.3, 0.4) is 0 Å². The number of hydrogen-bond acceptors (Lipinski definition) is 1. The van der Waals surface area contributed by atoms with Gasteiger partial charge in [0, 0.05) is 22.7 Å². The van der Waals surface area contributed by atoms with Crippen LogP contribution in [0, 0.1) is 0 Å². The molecule has 0 radical (unpaired) electrons. The van der Waals surface area contributed by atoms with Crippen molar-refractivity contribution in [1.82, 2.24) is 4.98 Å². The highest BCUT2D eigenvalue weighted by atomic mass is 127. The molecule has 0 aliphatic heterocycles. The van der Waals surface area contributed by atoms with Gasteiger partial charge in [-0.2, -0.15) is 0 Å². The zero-order valence-corrected chi connectivity index (χ0v) is 15.5. The van der Waals surface area contributed by atoms with Crippen LogP contribution in [-0.4, -0.2) is 19.6 Å². The van der Waals surface area contributed by atoms with Crippen molar-refractivity contribution in [1.29, 1.82) is 0 Å². The van der Waals surface area contributed by atoms with E-state index >= 15 is 0 Å². The summed E-state index contributed by atoms with van der Waals surface area (Å²) in [5.74, 6) is 0. The number of alkyl halides is 4. The van der Waals surface area contributed by atoms with E-state index in [0.717, 1.165) is 28.3 Å². The van der Waals surface area contributed by atoms with E-state index in [1.54, 1.807) is 51.4 Å². The lowest BCUT2D eigenvalue weighted by Crippen LogP contribution is -2.01. The predicted molar refractivity (Wildman–Crippen MR) is 98.2 cm³/mol. The third kappa shape index (κ3) is 4.61. The molecule has 2 nitrogen and oxygen atoms in total. The van der Waals surface area contributed by atoms with Crippen LogP contribution >= 0.6 is 45.2 Å². The monoisotopic (exact) mass is 517 g/mol. The maximum absolute atomic E-state index is 13.1. The average molecular weight is 517 g/mol.